The Morgan fingerprint density at radius 2 is 1.86 bits per heavy atom. The number of hydrogen-bond acceptors (Lipinski definition) is 3. The lowest BCUT2D eigenvalue weighted by molar-refractivity contribution is 0.788. The van der Waals surface area contributed by atoms with E-state index in [4.69, 9.17) is 4.99 Å². The van der Waals surface area contributed by atoms with Gasteiger partial charge in [0.25, 0.3) is 0 Å². The van der Waals surface area contributed by atoms with Crippen molar-refractivity contribution in [3.05, 3.63) is 76.9 Å². The summed E-state index contributed by atoms with van der Waals surface area (Å²) in [7, 11) is 0. The van der Waals surface area contributed by atoms with E-state index in [2.05, 4.69) is 65.8 Å². The van der Waals surface area contributed by atoms with Crippen LogP contribution in [-0.4, -0.2) is 27.3 Å². The van der Waals surface area contributed by atoms with Crippen molar-refractivity contribution in [3.63, 3.8) is 0 Å². The van der Waals surface area contributed by atoms with Crippen LogP contribution < -0.4 is 10.6 Å². The van der Waals surface area contributed by atoms with Crippen molar-refractivity contribution in [2.75, 3.05) is 6.54 Å². The van der Waals surface area contributed by atoms with Gasteiger partial charge >= 0.3 is 0 Å². The summed E-state index contributed by atoms with van der Waals surface area (Å²) in [5.41, 5.74) is 6.51. The van der Waals surface area contributed by atoms with Crippen molar-refractivity contribution in [3.8, 4) is 5.69 Å². The number of para-hydroxylation sites is 1. The molecule has 3 rings (SSSR count). The van der Waals surface area contributed by atoms with Crippen LogP contribution in [0.4, 0.5) is 0 Å². The van der Waals surface area contributed by atoms with Gasteiger partial charge < -0.3 is 10.6 Å². The number of nitrogens with one attached hydrogen (secondary N) is 2. The number of aryl methyl sites for hydroxylation is 3. The number of benzene rings is 1. The Bertz CT molecular complexity index is 963. The summed E-state index contributed by atoms with van der Waals surface area (Å²) in [6.45, 7) is 10.2. The molecule has 6 nitrogen and oxygen atoms in total. The molecule has 0 saturated heterocycles. The summed E-state index contributed by atoms with van der Waals surface area (Å²) < 4.78 is 1.98. The van der Waals surface area contributed by atoms with Crippen LogP contribution in [0.2, 0.25) is 0 Å². The molecule has 0 aliphatic carbocycles. The molecule has 2 aromatic heterocycles. The van der Waals surface area contributed by atoms with Gasteiger partial charge in [-0.1, -0.05) is 24.3 Å². The molecule has 29 heavy (non-hydrogen) atoms. The molecule has 0 fully saturated rings. The van der Waals surface area contributed by atoms with E-state index in [0.717, 1.165) is 40.8 Å². The van der Waals surface area contributed by atoms with Crippen LogP contribution in [0.25, 0.3) is 5.69 Å². The Kier molecular flexibility index (Phi) is 8.63. The minimum Gasteiger partial charge on any atom is -0.357 e. The standard InChI is InChI=1S/C22H28N6.HI/c1-5-23-22(26-15-20-16(2)9-8-12-24-20)25-14-19-10-6-7-11-21(19)28-18(4)13-17(3)27-28;/h6-13H,5,14-15H2,1-4H3,(H2,23,25,26);1H. The number of hydrogen-bond donors (Lipinski definition) is 2. The van der Waals surface area contributed by atoms with Crippen LogP contribution in [0.15, 0.2) is 53.7 Å². The monoisotopic (exact) mass is 504 g/mol. The molecule has 0 amide bonds. The molecule has 3 aromatic rings. The first-order valence-corrected chi connectivity index (χ1v) is 9.62. The second-order valence-electron chi connectivity index (χ2n) is 6.78. The molecule has 0 aliphatic heterocycles. The molecule has 0 saturated carbocycles. The van der Waals surface area contributed by atoms with Gasteiger partial charge in [0.1, 0.15) is 0 Å². The molecule has 0 atom stereocenters. The first-order valence-electron chi connectivity index (χ1n) is 9.62. The summed E-state index contributed by atoms with van der Waals surface area (Å²) in [5, 5.41) is 11.3. The molecule has 0 radical (unpaired) electrons. The SMILES string of the molecule is CCNC(=NCc1ccccc1-n1nc(C)cc1C)NCc1ncccc1C.I. The van der Waals surface area contributed by atoms with E-state index in [1.54, 1.807) is 0 Å². The Balaban J connectivity index is 0.00000300. The highest BCUT2D eigenvalue weighted by atomic mass is 127. The number of halogens is 1. The number of aliphatic imine (C=N–C) groups is 1. The van der Waals surface area contributed by atoms with Crippen molar-refractivity contribution >= 4 is 29.9 Å². The fourth-order valence-corrected chi connectivity index (χ4v) is 3.10. The number of aromatic nitrogens is 3. The van der Waals surface area contributed by atoms with E-state index in [1.807, 2.05) is 36.0 Å². The minimum absolute atomic E-state index is 0. The van der Waals surface area contributed by atoms with Crippen LogP contribution in [0, 0.1) is 20.8 Å². The van der Waals surface area contributed by atoms with E-state index in [0.29, 0.717) is 13.1 Å². The molecule has 2 N–H and O–H groups in total. The zero-order valence-corrected chi connectivity index (χ0v) is 19.8. The average Bonchev–Trinajstić information content (AvgIpc) is 3.03. The van der Waals surface area contributed by atoms with Crippen molar-refractivity contribution in [1.82, 2.24) is 25.4 Å². The largest absolute Gasteiger partial charge is 0.357 e. The lowest BCUT2D eigenvalue weighted by Crippen LogP contribution is -2.37. The van der Waals surface area contributed by atoms with Crippen molar-refractivity contribution in [2.45, 2.75) is 40.8 Å². The molecule has 7 heteroatoms. The van der Waals surface area contributed by atoms with Crippen LogP contribution in [0.5, 0.6) is 0 Å². The zero-order chi connectivity index (χ0) is 19.9. The summed E-state index contributed by atoms with van der Waals surface area (Å²) in [4.78, 5) is 9.21. The van der Waals surface area contributed by atoms with E-state index in [1.165, 1.54) is 5.56 Å². The van der Waals surface area contributed by atoms with Crippen molar-refractivity contribution in [2.24, 2.45) is 4.99 Å². The highest BCUT2D eigenvalue weighted by molar-refractivity contribution is 14.0. The molecule has 2 heterocycles. The van der Waals surface area contributed by atoms with Crippen LogP contribution >= 0.6 is 24.0 Å². The van der Waals surface area contributed by atoms with Gasteiger partial charge in [-0.15, -0.1) is 24.0 Å². The lowest BCUT2D eigenvalue weighted by Gasteiger charge is -2.13. The summed E-state index contributed by atoms with van der Waals surface area (Å²) in [6, 6.07) is 14.4. The molecule has 0 aliphatic rings. The Hall–Kier alpha value is -2.42. The highest BCUT2D eigenvalue weighted by Gasteiger charge is 2.09. The summed E-state index contributed by atoms with van der Waals surface area (Å²) in [5.74, 6) is 0.774. The van der Waals surface area contributed by atoms with Crippen molar-refractivity contribution in [1.29, 1.82) is 0 Å². The topological polar surface area (TPSA) is 67.1 Å². The predicted molar refractivity (Wildman–Crippen MR) is 129 cm³/mol. The Labute approximate surface area is 189 Å². The molecule has 0 spiro atoms. The van der Waals surface area contributed by atoms with Gasteiger partial charge in [0.2, 0.25) is 0 Å². The van der Waals surface area contributed by atoms with E-state index in [9.17, 15) is 0 Å². The quantitative estimate of drug-likeness (QED) is 0.302. The van der Waals surface area contributed by atoms with Gasteiger partial charge in [0.15, 0.2) is 5.96 Å². The smallest absolute Gasteiger partial charge is 0.191 e. The number of rotatable bonds is 6. The zero-order valence-electron chi connectivity index (χ0n) is 17.4. The molecule has 0 unspecified atom stereocenters. The molecular weight excluding hydrogens is 475 g/mol. The maximum Gasteiger partial charge on any atom is 0.191 e. The third-order valence-corrected chi connectivity index (χ3v) is 4.52. The third-order valence-electron chi connectivity index (χ3n) is 4.52. The molecule has 1 aromatic carbocycles. The minimum atomic E-state index is 0. The highest BCUT2D eigenvalue weighted by Crippen LogP contribution is 2.17. The molecular formula is C22H29IN6. The van der Waals surface area contributed by atoms with Gasteiger partial charge in [-0.25, -0.2) is 9.67 Å². The van der Waals surface area contributed by atoms with Gasteiger partial charge in [-0.2, -0.15) is 5.10 Å². The lowest BCUT2D eigenvalue weighted by atomic mass is 10.2. The third kappa shape index (κ3) is 6.03. The predicted octanol–water partition coefficient (Wildman–Crippen LogP) is 4.07. The number of pyridine rings is 1. The van der Waals surface area contributed by atoms with E-state index < -0.39 is 0 Å². The maximum absolute atomic E-state index is 4.78. The first kappa shape index (κ1) is 22.9. The van der Waals surface area contributed by atoms with Gasteiger partial charge in [-0.3, -0.25) is 4.98 Å². The molecule has 154 valence electrons. The van der Waals surface area contributed by atoms with Crippen LogP contribution in [-0.2, 0) is 13.1 Å². The van der Waals surface area contributed by atoms with Crippen LogP contribution in [0.3, 0.4) is 0 Å². The summed E-state index contributed by atoms with van der Waals surface area (Å²) in [6.07, 6.45) is 1.82. The maximum atomic E-state index is 4.78. The summed E-state index contributed by atoms with van der Waals surface area (Å²) >= 11 is 0. The van der Waals surface area contributed by atoms with Gasteiger partial charge in [-0.05, 0) is 57.0 Å². The van der Waals surface area contributed by atoms with Gasteiger partial charge in [0, 0.05) is 18.4 Å². The fraction of sp³-hybridized carbons (Fsp3) is 0.318. The normalized spacial score (nSPS) is 11.1. The first-order chi connectivity index (χ1) is 13.6. The number of nitrogens with zero attached hydrogens (tertiary/aromatic N) is 4. The Morgan fingerprint density at radius 1 is 1.07 bits per heavy atom. The molecule has 0 bridgehead atoms. The fourth-order valence-electron chi connectivity index (χ4n) is 3.10. The average molecular weight is 504 g/mol. The van der Waals surface area contributed by atoms with E-state index in [-0.39, 0.29) is 24.0 Å². The van der Waals surface area contributed by atoms with Gasteiger partial charge in [0.05, 0.1) is 30.2 Å². The van der Waals surface area contributed by atoms with Crippen molar-refractivity contribution < 1.29 is 0 Å². The number of guanidine groups is 1. The van der Waals surface area contributed by atoms with E-state index >= 15 is 0 Å². The second-order valence-corrected chi connectivity index (χ2v) is 6.78. The second kappa shape index (κ2) is 10.9. The Morgan fingerprint density at radius 3 is 2.55 bits per heavy atom. The van der Waals surface area contributed by atoms with Crippen LogP contribution in [0.1, 0.15) is 35.1 Å².